The van der Waals surface area contributed by atoms with E-state index in [4.69, 9.17) is 37.9 Å². The first-order valence-electron chi connectivity index (χ1n) is 16.7. The summed E-state index contributed by atoms with van der Waals surface area (Å²) in [7, 11) is 0. The lowest BCUT2D eigenvalue weighted by atomic mass is 9.75. The van der Waals surface area contributed by atoms with Crippen molar-refractivity contribution in [2.45, 2.75) is 158 Å². The first-order chi connectivity index (χ1) is 20.9. The maximum atomic E-state index is 11.7. The summed E-state index contributed by atoms with van der Waals surface area (Å²) in [5.74, 6) is -1.91. The molecule has 0 aromatic carbocycles. The van der Waals surface area contributed by atoms with Crippen molar-refractivity contribution in [2.75, 3.05) is 13.2 Å². The number of ether oxygens (including phenoxy) is 8. The van der Waals surface area contributed by atoms with Gasteiger partial charge in [0.15, 0.2) is 12.1 Å². The van der Waals surface area contributed by atoms with Crippen LogP contribution >= 0.6 is 0 Å². The molecule has 1 spiro atoms. The maximum Gasteiger partial charge on any atom is 0.308 e. The average Bonchev–Trinajstić information content (AvgIpc) is 3.30. The molecular weight excluding hydrogens is 576 g/mol. The van der Waals surface area contributed by atoms with Gasteiger partial charge in [-0.05, 0) is 31.6 Å². The molecular formula is C32H50O12. The van der Waals surface area contributed by atoms with Crippen LogP contribution < -0.4 is 0 Å². The van der Waals surface area contributed by atoms with E-state index < -0.39 is 42.0 Å². The standard InChI is InChI=1S/C32H50O12/c1-14-6-19-20(39-21-9-24-31(5,43-22(21)7-14)13-37-26(42-24)10-25(34)35)8-23-28(40-19)16(3)27(36)30-29(41-23)15(2)17(4)32(44-30)11-18(33)12-38-32/h14-24,26-30,33,36H,6-13H2,1-5H3,(H,34,35)/t14-,15+,16?,17+,18+,19+,20-,21+,22-,23+,24-,26?,27?,28?,29-,30?,31+,32-/m1/s1. The summed E-state index contributed by atoms with van der Waals surface area (Å²) < 4.78 is 51.7. The first kappa shape index (κ1) is 31.7. The Morgan fingerprint density at radius 1 is 0.795 bits per heavy atom. The topological polar surface area (TPSA) is 152 Å². The number of rotatable bonds is 2. The van der Waals surface area contributed by atoms with Gasteiger partial charge in [0, 0.05) is 31.1 Å². The zero-order valence-electron chi connectivity index (χ0n) is 26.4. The van der Waals surface area contributed by atoms with Crippen molar-refractivity contribution >= 4 is 5.97 Å². The number of aliphatic carboxylic acids is 1. The average molecular weight is 627 g/mol. The Bertz CT molecular complexity index is 1080. The Morgan fingerprint density at radius 2 is 1.50 bits per heavy atom. The predicted molar refractivity (Wildman–Crippen MR) is 151 cm³/mol. The molecule has 0 radical (unpaired) electrons. The Hall–Kier alpha value is -0.930. The van der Waals surface area contributed by atoms with Crippen LogP contribution in [0.2, 0.25) is 0 Å². The van der Waals surface area contributed by atoms with Crippen LogP contribution in [0.1, 0.15) is 73.1 Å². The molecule has 12 nitrogen and oxygen atoms in total. The van der Waals surface area contributed by atoms with Gasteiger partial charge < -0.3 is 53.2 Å². The second-order valence-electron chi connectivity index (χ2n) is 15.0. The van der Waals surface area contributed by atoms with Crippen LogP contribution in [0.3, 0.4) is 0 Å². The normalized spacial score (nSPS) is 57.4. The second-order valence-corrected chi connectivity index (χ2v) is 15.0. The van der Waals surface area contributed by atoms with Gasteiger partial charge in [-0.3, -0.25) is 4.79 Å². The molecule has 0 saturated carbocycles. The molecule has 12 heteroatoms. The van der Waals surface area contributed by atoms with E-state index in [0.717, 1.165) is 12.8 Å². The van der Waals surface area contributed by atoms with E-state index in [9.17, 15) is 20.1 Å². The largest absolute Gasteiger partial charge is 0.481 e. The molecule has 5 unspecified atom stereocenters. The van der Waals surface area contributed by atoms with Gasteiger partial charge in [-0.25, -0.2) is 0 Å². The molecule has 7 aliphatic rings. The minimum Gasteiger partial charge on any atom is -0.481 e. The Labute approximate surface area is 258 Å². The molecule has 44 heavy (non-hydrogen) atoms. The van der Waals surface area contributed by atoms with E-state index in [1.165, 1.54) is 0 Å². The molecule has 250 valence electrons. The van der Waals surface area contributed by atoms with Gasteiger partial charge in [0.2, 0.25) is 0 Å². The van der Waals surface area contributed by atoms with Gasteiger partial charge in [-0.15, -0.1) is 0 Å². The fourth-order valence-electron chi connectivity index (χ4n) is 9.09. The van der Waals surface area contributed by atoms with Crippen molar-refractivity contribution in [3.63, 3.8) is 0 Å². The summed E-state index contributed by atoms with van der Waals surface area (Å²) in [6, 6.07) is 0. The van der Waals surface area contributed by atoms with Crippen molar-refractivity contribution in [3.8, 4) is 0 Å². The predicted octanol–water partition coefficient (Wildman–Crippen LogP) is 2.00. The van der Waals surface area contributed by atoms with E-state index in [1.54, 1.807) is 0 Å². The van der Waals surface area contributed by atoms with E-state index in [0.29, 0.717) is 25.2 Å². The van der Waals surface area contributed by atoms with Crippen LogP contribution in [0, 0.1) is 23.7 Å². The summed E-state index contributed by atoms with van der Waals surface area (Å²) >= 11 is 0. The number of carboxylic acid groups (broad SMARTS) is 1. The highest BCUT2D eigenvalue weighted by molar-refractivity contribution is 5.67. The molecule has 3 N–H and O–H groups in total. The summed E-state index contributed by atoms with van der Waals surface area (Å²) in [6.45, 7) is 10.9. The molecule has 7 saturated heterocycles. The summed E-state index contributed by atoms with van der Waals surface area (Å²) in [6.07, 6.45) is -2.12. The number of fused-ring (bicyclic) bond motifs is 5. The third kappa shape index (κ3) is 5.44. The number of hydrogen-bond acceptors (Lipinski definition) is 11. The number of aliphatic hydroxyl groups is 2. The van der Waals surface area contributed by atoms with Crippen LogP contribution in [-0.4, -0.2) is 119 Å². The van der Waals surface area contributed by atoms with Crippen molar-refractivity contribution in [1.82, 2.24) is 0 Å². The van der Waals surface area contributed by atoms with Gasteiger partial charge in [0.25, 0.3) is 0 Å². The monoisotopic (exact) mass is 626 g/mol. The second kappa shape index (κ2) is 11.6. The van der Waals surface area contributed by atoms with Crippen molar-refractivity contribution in [2.24, 2.45) is 23.7 Å². The molecule has 0 aromatic heterocycles. The molecule has 0 aromatic rings. The van der Waals surface area contributed by atoms with Crippen LogP contribution in [0.25, 0.3) is 0 Å². The maximum absolute atomic E-state index is 11.7. The van der Waals surface area contributed by atoms with Gasteiger partial charge in [0.05, 0.1) is 80.7 Å². The third-order valence-corrected chi connectivity index (χ3v) is 11.8. The number of carboxylic acids is 1. The van der Waals surface area contributed by atoms with Crippen molar-refractivity contribution in [1.29, 1.82) is 0 Å². The zero-order valence-corrected chi connectivity index (χ0v) is 26.4. The fourth-order valence-corrected chi connectivity index (χ4v) is 9.09. The molecule has 7 fully saturated rings. The molecule has 0 bridgehead atoms. The van der Waals surface area contributed by atoms with E-state index >= 15 is 0 Å². The van der Waals surface area contributed by atoms with Crippen LogP contribution in [0.5, 0.6) is 0 Å². The van der Waals surface area contributed by atoms with Gasteiger partial charge in [0.1, 0.15) is 11.7 Å². The highest BCUT2D eigenvalue weighted by atomic mass is 16.7. The number of aliphatic hydroxyl groups excluding tert-OH is 2. The molecule has 7 aliphatic heterocycles. The van der Waals surface area contributed by atoms with Crippen molar-refractivity contribution < 1.29 is 58.0 Å². The molecule has 18 atom stereocenters. The summed E-state index contributed by atoms with van der Waals surface area (Å²) in [5, 5.41) is 31.3. The molecule has 7 heterocycles. The highest BCUT2D eigenvalue weighted by Gasteiger charge is 2.61. The minimum atomic E-state index is -0.971. The number of carbonyl (C=O) groups is 1. The molecule has 0 amide bonds. The van der Waals surface area contributed by atoms with Crippen molar-refractivity contribution in [3.05, 3.63) is 0 Å². The highest BCUT2D eigenvalue weighted by Crippen LogP contribution is 2.51. The van der Waals surface area contributed by atoms with E-state index in [1.807, 2.05) is 13.8 Å². The Balaban J connectivity index is 1.10. The fraction of sp³-hybridized carbons (Fsp3) is 0.969. The lowest BCUT2D eigenvalue weighted by Crippen LogP contribution is -2.64. The Morgan fingerprint density at radius 3 is 2.23 bits per heavy atom. The quantitative estimate of drug-likeness (QED) is 0.411. The minimum absolute atomic E-state index is 0.00821. The first-order valence-corrected chi connectivity index (χ1v) is 16.7. The Kier molecular flexibility index (Phi) is 8.38. The summed E-state index contributed by atoms with van der Waals surface area (Å²) in [5.41, 5.74) is -0.679. The van der Waals surface area contributed by atoms with Gasteiger partial charge >= 0.3 is 5.97 Å². The van der Waals surface area contributed by atoms with Crippen LogP contribution in [-0.2, 0) is 42.7 Å². The smallest absolute Gasteiger partial charge is 0.308 e. The van der Waals surface area contributed by atoms with E-state index in [-0.39, 0.29) is 86.2 Å². The van der Waals surface area contributed by atoms with Crippen LogP contribution in [0.4, 0.5) is 0 Å². The third-order valence-electron chi connectivity index (χ3n) is 11.8. The van der Waals surface area contributed by atoms with Gasteiger partial charge in [-0.2, -0.15) is 0 Å². The lowest BCUT2D eigenvalue weighted by molar-refractivity contribution is -0.349. The summed E-state index contributed by atoms with van der Waals surface area (Å²) in [4.78, 5) is 11.3. The lowest BCUT2D eigenvalue weighted by Gasteiger charge is -2.54. The van der Waals surface area contributed by atoms with E-state index in [2.05, 4.69) is 20.8 Å². The van der Waals surface area contributed by atoms with Crippen LogP contribution in [0.15, 0.2) is 0 Å². The zero-order chi connectivity index (χ0) is 31.1. The molecule has 7 rings (SSSR count). The SMILES string of the molecule is CC1C(O)C2O[C@]3(C[C@H](O)CO3)[C@@H](C)[C@H](C)[C@H]2O[C@H]2C[C@H]3O[C@H]4C[C@H]5OC(CC(=O)O)OC[C@]5(C)O[C@@H]4C[C@H](C)C[C@@H]3OC12. The van der Waals surface area contributed by atoms with Gasteiger partial charge in [-0.1, -0.05) is 27.7 Å². The molecule has 0 aliphatic carbocycles. The number of hydrogen-bond donors (Lipinski definition) is 3.